The van der Waals surface area contributed by atoms with Gasteiger partial charge in [-0.3, -0.25) is 4.90 Å². The van der Waals surface area contributed by atoms with Gasteiger partial charge in [0.1, 0.15) is 0 Å². The minimum atomic E-state index is 0.571. The molecule has 0 bridgehead atoms. The summed E-state index contributed by atoms with van der Waals surface area (Å²) in [6.45, 7) is 17.3. The van der Waals surface area contributed by atoms with Crippen molar-refractivity contribution in [1.82, 2.24) is 14.7 Å². The van der Waals surface area contributed by atoms with Gasteiger partial charge in [-0.1, -0.05) is 62.3 Å². The van der Waals surface area contributed by atoms with E-state index in [2.05, 4.69) is 71.6 Å². The van der Waals surface area contributed by atoms with Gasteiger partial charge in [-0.05, 0) is 88.7 Å². The quantitative estimate of drug-likeness (QED) is 0.391. The Morgan fingerprint density at radius 3 is 2.41 bits per heavy atom. The molecule has 0 radical (unpaired) electrons. The first-order chi connectivity index (χ1) is 16.6. The maximum Gasteiger partial charge on any atom is 0.0370 e. The first kappa shape index (κ1) is 25.3. The van der Waals surface area contributed by atoms with Gasteiger partial charge in [-0.2, -0.15) is 0 Å². The number of aryl methyl sites for hydroxylation is 2. The fourth-order valence-corrected chi connectivity index (χ4v) is 5.83. The molecule has 0 spiro atoms. The second kappa shape index (κ2) is 12.7. The summed E-state index contributed by atoms with van der Waals surface area (Å²) >= 11 is 0. The molecule has 1 aromatic carbocycles. The summed E-state index contributed by atoms with van der Waals surface area (Å²) in [5.74, 6) is 0. The van der Waals surface area contributed by atoms with E-state index in [4.69, 9.17) is 0 Å². The lowest BCUT2D eigenvalue weighted by Gasteiger charge is -2.40. The Morgan fingerprint density at radius 2 is 1.74 bits per heavy atom. The number of unbranched alkanes of at least 4 members (excludes halogenated alkanes) is 1. The largest absolute Gasteiger partial charge is 0.369 e. The monoisotopic (exact) mass is 461 g/mol. The molecule has 3 nitrogen and oxygen atoms in total. The number of nitrogens with zero attached hydrogens (tertiary/aromatic N) is 3. The van der Waals surface area contributed by atoms with Crippen LogP contribution in [0.3, 0.4) is 0 Å². The van der Waals surface area contributed by atoms with Crippen molar-refractivity contribution < 1.29 is 0 Å². The van der Waals surface area contributed by atoms with Crippen LogP contribution in [-0.4, -0.2) is 66.6 Å². The Kier molecular flexibility index (Phi) is 9.47. The summed E-state index contributed by atoms with van der Waals surface area (Å²) in [6, 6.07) is 7.41. The molecule has 2 saturated heterocycles. The highest BCUT2D eigenvalue weighted by molar-refractivity contribution is 5.65. The van der Waals surface area contributed by atoms with Gasteiger partial charge >= 0.3 is 0 Å². The molecule has 3 heteroatoms. The predicted octanol–water partition coefficient (Wildman–Crippen LogP) is 6.45. The molecule has 186 valence electrons. The molecule has 34 heavy (non-hydrogen) atoms. The molecule has 1 aliphatic carbocycles. The van der Waals surface area contributed by atoms with E-state index in [1.54, 1.807) is 5.57 Å². The van der Waals surface area contributed by atoms with Gasteiger partial charge in [0.05, 0.1) is 0 Å². The SMILES string of the molecule is C=C(c1cc(CC)ccc1C)N1CCN(C2C=CC(CCCCN3CCCCCC3)=CC2)CC1. The normalized spacial score (nSPS) is 22.5. The highest BCUT2D eigenvalue weighted by Gasteiger charge is 2.24. The molecular formula is C31H47N3. The van der Waals surface area contributed by atoms with Crippen molar-refractivity contribution in [1.29, 1.82) is 0 Å². The van der Waals surface area contributed by atoms with Crippen LogP contribution < -0.4 is 0 Å². The number of hydrogen-bond donors (Lipinski definition) is 0. The van der Waals surface area contributed by atoms with Crippen molar-refractivity contribution in [2.45, 2.75) is 77.7 Å². The average molecular weight is 462 g/mol. The van der Waals surface area contributed by atoms with Gasteiger partial charge in [0.2, 0.25) is 0 Å². The minimum Gasteiger partial charge on any atom is -0.369 e. The lowest BCUT2D eigenvalue weighted by atomic mass is 9.97. The van der Waals surface area contributed by atoms with Gasteiger partial charge in [0.25, 0.3) is 0 Å². The van der Waals surface area contributed by atoms with Crippen molar-refractivity contribution in [3.05, 3.63) is 65.3 Å². The Labute approximate surface area is 209 Å². The van der Waals surface area contributed by atoms with Crippen LogP contribution in [0.25, 0.3) is 5.70 Å². The summed E-state index contributed by atoms with van der Waals surface area (Å²) in [6.07, 6.45) is 19.3. The van der Waals surface area contributed by atoms with Gasteiger partial charge in [0.15, 0.2) is 0 Å². The Morgan fingerprint density at radius 1 is 0.971 bits per heavy atom. The third kappa shape index (κ3) is 6.86. The fourth-order valence-electron chi connectivity index (χ4n) is 5.83. The predicted molar refractivity (Wildman–Crippen MR) is 147 cm³/mol. The van der Waals surface area contributed by atoms with Gasteiger partial charge in [-0.15, -0.1) is 0 Å². The lowest BCUT2D eigenvalue weighted by molar-refractivity contribution is 0.148. The van der Waals surface area contributed by atoms with Gasteiger partial charge in [0, 0.05) is 43.5 Å². The van der Waals surface area contributed by atoms with Crippen LogP contribution in [0.2, 0.25) is 0 Å². The molecule has 1 aromatic rings. The van der Waals surface area contributed by atoms with Gasteiger partial charge < -0.3 is 9.80 Å². The Bertz CT molecular complexity index is 851. The summed E-state index contributed by atoms with van der Waals surface area (Å²) < 4.78 is 0. The number of hydrogen-bond acceptors (Lipinski definition) is 3. The van der Waals surface area contributed by atoms with Crippen molar-refractivity contribution in [2.75, 3.05) is 45.8 Å². The summed E-state index contributed by atoms with van der Waals surface area (Å²) in [5.41, 5.74) is 6.83. The topological polar surface area (TPSA) is 9.72 Å². The van der Waals surface area contributed by atoms with Crippen molar-refractivity contribution in [3.8, 4) is 0 Å². The molecular weight excluding hydrogens is 414 g/mol. The third-order valence-electron chi connectivity index (χ3n) is 8.23. The fraction of sp³-hybridized carbons (Fsp3) is 0.613. The van der Waals surface area contributed by atoms with Crippen LogP contribution in [0, 0.1) is 6.92 Å². The summed E-state index contributed by atoms with van der Waals surface area (Å²) in [5, 5.41) is 0. The zero-order valence-electron chi connectivity index (χ0n) is 21.9. The van der Waals surface area contributed by atoms with Crippen LogP contribution in [0.15, 0.2) is 48.6 Å². The van der Waals surface area contributed by atoms with Gasteiger partial charge in [-0.25, -0.2) is 0 Å². The highest BCUT2D eigenvalue weighted by Crippen LogP contribution is 2.26. The summed E-state index contributed by atoms with van der Waals surface area (Å²) in [4.78, 5) is 7.86. The zero-order valence-corrected chi connectivity index (χ0v) is 21.9. The number of piperazine rings is 1. The van der Waals surface area contributed by atoms with E-state index in [-0.39, 0.29) is 0 Å². The van der Waals surface area contributed by atoms with E-state index in [0.29, 0.717) is 6.04 Å². The van der Waals surface area contributed by atoms with Crippen molar-refractivity contribution in [2.24, 2.45) is 0 Å². The molecule has 0 saturated carbocycles. The van der Waals surface area contributed by atoms with Crippen LogP contribution in [0.4, 0.5) is 0 Å². The number of benzene rings is 1. The zero-order chi connectivity index (χ0) is 23.8. The second-order valence-corrected chi connectivity index (χ2v) is 10.6. The molecule has 0 amide bonds. The Hall–Kier alpha value is -1.84. The minimum absolute atomic E-state index is 0.571. The standard InChI is InChI=1S/C31H47N3/c1-4-28-13-12-26(2)31(25-28)27(3)33-21-23-34(24-22-33)30-16-14-29(15-17-30)11-7-10-20-32-18-8-5-6-9-19-32/h12-16,25,30H,3-11,17-24H2,1-2H3. The van der Waals surface area contributed by atoms with Crippen molar-refractivity contribution >= 4 is 5.70 Å². The number of rotatable bonds is 9. The molecule has 0 aromatic heterocycles. The highest BCUT2D eigenvalue weighted by atomic mass is 15.3. The maximum absolute atomic E-state index is 4.48. The number of allylic oxidation sites excluding steroid dienone is 2. The van der Waals surface area contributed by atoms with Crippen LogP contribution in [-0.2, 0) is 6.42 Å². The molecule has 0 N–H and O–H groups in total. The van der Waals surface area contributed by atoms with E-state index >= 15 is 0 Å². The van der Waals surface area contributed by atoms with Crippen LogP contribution in [0.1, 0.15) is 75.0 Å². The molecule has 3 aliphatic rings. The van der Waals surface area contributed by atoms with E-state index in [1.165, 1.54) is 93.4 Å². The number of likely N-dealkylation sites (tertiary alicyclic amines) is 1. The lowest BCUT2D eigenvalue weighted by Crippen LogP contribution is -2.49. The first-order valence-corrected chi connectivity index (χ1v) is 14.0. The second-order valence-electron chi connectivity index (χ2n) is 10.6. The molecule has 4 rings (SSSR count). The Balaban J connectivity index is 1.17. The molecule has 2 aliphatic heterocycles. The van der Waals surface area contributed by atoms with Crippen molar-refractivity contribution in [3.63, 3.8) is 0 Å². The van der Waals surface area contributed by atoms with E-state index in [1.807, 2.05) is 0 Å². The molecule has 1 atom stereocenters. The summed E-state index contributed by atoms with van der Waals surface area (Å²) in [7, 11) is 0. The third-order valence-corrected chi connectivity index (χ3v) is 8.23. The molecule has 1 unspecified atom stereocenters. The average Bonchev–Trinajstić information content (AvgIpc) is 3.16. The smallest absolute Gasteiger partial charge is 0.0370 e. The van der Waals surface area contributed by atoms with E-state index in [9.17, 15) is 0 Å². The van der Waals surface area contributed by atoms with Crippen LogP contribution in [0.5, 0.6) is 0 Å². The molecule has 2 heterocycles. The van der Waals surface area contributed by atoms with E-state index in [0.717, 1.165) is 32.6 Å². The van der Waals surface area contributed by atoms with Crippen LogP contribution >= 0.6 is 0 Å². The van der Waals surface area contributed by atoms with E-state index < -0.39 is 0 Å². The first-order valence-electron chi connectivity index (χ1n) is 14.0. The maximum atomic E-state index is 4.48. The molecule has 2 fully saturated rings.